The minimum absolute atomic E-state index is 0. The average Bonchev–Trinajstić information content (AvgIpc) is 2.65. The maximum atomic E-state index is 12.8. The number of quaternary nitrogens is 1. The Morgan fingerprint density at radius 1 is 1.04 bits per heavy atom. The summed E-state index contributed by atoms with van der Waals surface area (Å²) in [5.41, 5.74) is 4.78. The predicted molar refractivity (Wildman–Crippen MR) is 108 cm³/mol. The van der Waals surface area contributed by atoms with E-state index in [0.717, 1.165) is 23.2 Å². The quantitative estimate of drug-likeness (QED) is 0.261. The summed E-state index contributed by atoms with van der Waals surface area (Å²) < 4.78 is 5.78. The molecule has 4 nitrogen and oxygen atoms in total. The molecule has 0 saturated carbocycles. The monoisotopic (exact) mass is 445 g/mol. The molecule has 0 heterocycles. The molecule has 0 N–H and O–H groups in total. The fraction of sp³-hybridized carbons (Fsp3) is 0.304. The van der Waals surface area contributed by atoms with E-state index >= 15 is 0 Å². The fourth-order valence-corrected chi connectivity index (χ4v) is 3.03. The summed E-state index contributed by atoms with van der Waals surface area (Å²) in [6.07, 6.45) is 1.18. The second-order valence-electron chi connectivity index (χ2n) is 7.41. The highest BCUT2D eigenvalue weighted by atomic mass is 79.9. The molecule has 150 valence electrons. The van der Waals surface area contributed by atoms with Crippen LogP contribution in [0, 0.1) is 13.8 Å². The van der Waals surface area contributed by atoms with Crippen LogP contribution in [0.4, 0.5) is 0 Å². The maximum absolute atomic E-state index is 12.8. The van der Waals surface area contributed by atoms with Crippen molar-refractivity contribution in [3.8, 4) is 0 Å². The van der Waals surface area contributed by atoms with Gasteiger partial charge in [-0.3, -0.25) is 4.79 Å². The number of likely N-dealkylation sites (N-methyl/N-ethyl adjacent to an activating group) is 1. The van der Waals surface area contributed by atoms with E-state index in [1.54, 1.807) is 0 Å². The zero-order valence-electron chi connectivity index (χ0n) is 17.0. The van der Waals surface area contributed by atoms with Gasteiger partial charge in [-0.25, -0.2) is 4.79 Å². The van der Waals surface area contributed by atoms with Gasteiger partial charge in [-0.15, -0.1) is 0 Å². The average molecular weight is 446 g/mol. The molecule has 0 aliphatic carbocycles. The minimum Gasteiger partial charge on any atom is -1.00 e. The van der Waals surface area contributed by atoms with Gasteiger partial charge >= 0.3 is 5.97 Å². The molecule has 0 radical (unpaired) electrons. The summed E-state index contributed by atoms with van der Waals surface area (Å²) in [4.78, 5) is 24.0. The van der Waals surface area contributed by atoms with Crippen LogP contribution < -0.4 is 17.0 Å². The van der Waals surface area contributed by atoms with E-state index in [-0.39, 0.29) is 22.8 Å². The van der Waals surface area contributed by atoms with Crippen LogP contribution in [0.3, 0.4) is 0 Å². The lowest BCUT2D eigenvalue weighted by Gasteiger charge is -2.30. The molecule has 0 aliphatic heterocycles. The van der Waals surface area contributed by atoms with Gasteiger partial charge in [-0.05, 0) is 25.0 Å². The van der Waals surface area contributed by atoms with Crippen molar-refractivity contribution in [2.75, 3.05) is 27.2 Å². The number of ether oxygens (including phenoxy) is 1. The molecule has 2 aromatic rings. The van der Waals surface area contributed by atoms with Gasteiger partial charge < -0.3 is 26.2 Å². The molecule has 2 rings (SSSR count). The molecule has 0 fully saturated rings. The van der Waals surface area contributed by atoms with Crippen molar-refractivity contribution in [1.29, 1.82) is 0 Å². The number of carbonyl (C=O) groups excluding carboxylic acids is 2. The normalized spacial score (nSPS) is 10.7. The van der Waals surface area contributed by atoms with Gasteiger partial charge in [-0.2, -0.15) is 0 Å². The molecule has 28 heavy (non-hydrogen) atoms. The smallest absolute Gasteiger partial charge is 0.330 e. The van der Waals surface area contributed by atoms with E-state index in [0.29, 0.717) is 23.2 Å². The fourth-order valence-electron chi connectivity index (χ4n) is 3.03. The van der Waals surface area contributed by atoms with E-state index in [1.807, 2.05) is 49.4 Å². The SMILES string of the molecule is C=CC(=O)OCC[N+](C)(C)Cc1ccc(C(=O)c2ccccc2)c(C)c1C.[Br-]. The molecule has 0 amide bonds. The molecule has 0 bridgehead atoms. The molecule has 0 aromatic heterocycles. The lowest BCUT2D eigenvalue weighted by atomic mass is 9.92. The number of esters is 1. The van der Waals surface area contributed by atoms with E-state index < -0.39 is 5.97 Å². The van der Waals surface area contributed by atoms with Crippen LogP contribution in [0.2, 0.25) is 0 Å². The summed E-state index contributed by atoms with van der Waals surface area (Å²) in [6.45, 7) is 9.30. The standard InChI is InChI=1S/C23H28NO3.BrH/c1-6-22(25)27-15-14-24(4,5)16-20-12-13-21(18(3)17(20)2)23(26)19-10-8-7-9-11-19;/h6-13H,1,14-16H2,2-5H3;1H/q+1;/p-1. The van der Waals surface area contributed by atoms with Crippen LogP contribution in [-0.4, -0.2) is 43.5 Å². The summed E-state index contributed by atoms with van der Waals surface area (Å²) in [7, 11) is 4.19. The Balaban J connectivity index is 0.00000392. The minimum atomic E-state index is -0.397. The molecule has 0 aliphatic rings. The van der Waals surface area contributed by atoms with E-state index in [4.69, 9.17) is 4.74 Å². The third-order valence-electron chi connectivity index (χ3n) is 4.89. The number of hydrogen-bond acceptors (Lipinski definition) is 3. The van der Waals surface area contributed by atoms with Gasteiger partial charge in [0.1, 0.15) is 19.7 Å². The van der Waals surface area contributed by atoms with Gasteiger partial charge in [0.25, 0.3) is 0 Å². The number of nitrogens with zero attached hydrogens (tertiary/aromatic N) is 1. The summed E-state index contributed by atoms with van der Waals surface area (Å²) in [5, 5.41) is 0. The summed E-state index contributed by atoms with van der Waals surface area (Å²) >= 11 is 0. The highest BCUT2D eigenvalue weighted by Crippen LogP contribution is 2.23. The van der Waals surface area contributed by atoms with Crippen molar-refractivity contribution >= 4 is 11.8 Å². The Kier molecular flexibility index (Phi) is 8.79. The highest BCUT2D eigenvalue weighted by molar-refractivity contribution is 6.10. The zero-order chi connectivity index (χ0) is 20.0. The molecular formula is C23H28BrNO3. The first kappa shape index (κ1) is 23.8. The van der Waals surface area contributed by atoms with Crippen LogP contribution in [0.1, 0.15) is 32.6 Å². The molecule has 5 heteroatoms. The molecule has 0 spiro atoms. The number of halogens is 1. The largest absolute Gasteiger partial charge is 1.00 e. The van der Waals surface area contributed by atoms with Gasteiger partial charge in [0.15, 0.2) is 5.78 Å². The van der Waals surface area contributed by atoms with Gasteiger partial charge in [0.05, 0.1) is 14.1 Å². The topological polar surface area (TPSA) is 43.4 Å². The third-order valence-corrected chi connectivity index (χ3v) is 4.89. The first-order valence-electron chi connectivity index (χ1n) is 9.05. The van der Waals surface area contributed by atoms with Crippen molar-refractivity contribution in [3.63, 3.8) is 0 Å². The van der Waals surface area contributed by atoms with Crippen molar-refractivity contribution in [2.24, 2.45) is 0 Å². The highest BCUT2D eigenvalue weighted by Gasteiger charge is 2.20. The van der Waals surface area contributed by atoms with Crippen LogP contribution >= 0.6 is 0 Å². The van der Waals surface area contributed by atoms with Crippen molar-refractivity contribution in [2.45, 2.75) is 20.4 Å². The van der Waals surface area contributed by atoms with Gasteiger partial charge in [-0.1, -0.05) is 49.0 Å². The van der Waals surface area contributed by atoms with Crippen molar-refractivity contribution in [3.05, 3.63) is 82.9 Å². The molecule has 2 aromatic carbocycles. The van der Waals surface area contributed by atoms with E-state index in [1.165, 1.54) is 11.6 Å². The number of rotatable bonds is 8. The number of benzene rings is 2. The Bertz CT molecular complexity index is 844. The first-order valence-corrected chi connectivity index (χ1v) is 9.05. The lowest BCUT2D eigenvalue weighted by Crippen LogP contribution is -3.00. The number of carbonyl (C=O) groups is 2. The predicted octanol–water partition coefficient (Wildman–Crippen LogP) is 0.844. The van der Waals surface area contributed by atoms with Crippen LogP contribution in [0.5, 0.6) is 0 Å². The van der Waals surface area contributed by atoms with Crippen LogP contribution in [0.15, 0.2) is 55.1 Å². The molecule has 0 saturated heterocycles. The molecule has 0 unspecified atom stereocenters. The number of ketones is 1. The lowest BCUT2D eigenvalue weighted by molar-refractivity contribution is -0.903. The second kappa shape index (κ2) is 10.3. The van der Waals surface area contributed by atoms with Gasteiger partial charge in [0.2, 0.25) is 0 Å². The molecular weight excluding hydrogens is 418 g/mol. The second-order valence-corrected chi connectivity index (χ2v) is 7.41. The van der Waals surface area contributed by atoms with Crippen molar-refractivity contribution < 1.29 is 35.8 Å². The van der Waals surface area contributed by atoms with Crippen LogP contribution in [-0.2, 0) is 16.1 Å². The van der Waals surface area contributed by atoms with Crippen molar-refractivity contribution in [1.82, 2.24) is 0 Å². The van der Waals surface area contributed by atoms with Gasteiger partial charge in [0, 0.05) is 22.8 Å². The summed E-state index contributed by atoms with van der Waals surface area (Å²) in [5.74, 6) is -0.348. The third kappa shape index (κ3) is 6.14. The van der Waals surface area contributed by atoms with E-state index in [2.05, 4.69) is 27.6 Å². The first-order chi connectivity index (χ1) is 12.7. The van der Waals surface area contributed by atoms with E-state index in [9.17, 15) is 9.59 Å². The Hall–Kier alpha value is -2.24. The zero-order valence-corrected chi connectivity index (χ0v) is 18.6. The number of hydrogen-bond donors (Lipinski definition) is 0. The summed E-state index contributed by atoms with van der Waals surface area (Å²) in [6, 6.07) is 13.3. The Morgan fingerprint density at radius 3 is 2.29 bits per heavy atom. The Labute approximate surface area is 178 Å². The Morgan fingerprint density at radius 2 is 1.68 bits per heavy atom. The van der Waals surface area contributed by atoms with Crippen LogP contribution in [0.25, 0.3) is 0 Å². The maximum Gasteiger partial charge on any atom is 0.330 e. The molecule has 0 atom stereocenters.